The molecule has 6 heteroatoms. The maximum atomic E-state index is 12.2. The number of benzene rings is 1. The number of carbonyl (C=O) groups is 2. The normalized spacial score (nSPS) is 15.0. The Morgan fingerprint density at radius 2 is 1.96 bits per heavy atom. The van der Waals surface area contributed by atoms with Gasteiger partial charge in [-0.15, -0.1) is 0 Å². The molecule has 0 bridgehead atoms. The van der Waals surface area contributed by atoms with Crippen molar-refractivity contribution in [2.24, 2.45) is 11.8 Å². The van der Waals surface area contributed by atoms with Gasteiger partial charge >= 0.3 is 0 Å². The summed E-state index contributed by atoms with van der Waals surface area (Å²) < 4.78 is 5.39. The topological polar surface area (TPSA) is 70.7 Å². The van der Waals surface area contributed by atoms with E-state index in [0.717, 1.165) is 43.9 Å². The minimum atomic E-state index is -0.118. The van der Waals surface area contributed by atoms with Crippen molar-refractivity contribution >= 4 is 17.5 Å². The fourth-order valence-electron chi connectivity index (χ4n) is 3.25. The number of hydrogen-bond acceptors (Lipinski definition) is 4. The lowest BCUT2D eigenvalue weighted by molar-refractivity contribution is -0.133. The molecule has 1 aliphatic heterocycles. The summed E-state index contributed by atoms with van der Waals surface area (Å²) in [5.74, 6) is 1.79. The Kier molecular flexibility index (Phi) is 7.30. The van der Waals surface area contributed by atoms with Crippen molar-refractivity contribution in [2.75, 3.05) is 39.1 Å². The Hall–Kier alpha value is -2.24. The van der Waals surface area contributed by atoms with E-state index in [1.165, 1.54) is 0 Å². The SMILES string of the molecule is CNC(=O)c1ccc(OC)c(NCC2CCN(C(=O)CC(C)C)CC2)c1. The fourth-order valence-corrected chi connectivity index (χ4v) is 3.25. The molecule has 0 aromatic heterocycles. The lowest BCUT2D eigenvalue weighted by atomic mass is 9.96. The lowest BCUT2D eigenvalue weighted by Gasteiger charge is -2.32. The summed E-state index contributed by atoms with van der Waals surface area (Å²) in [5, 5.41) is 6.06. The Bertz CT molecular complexity index is 623. The lowest BCUT2D eigenvalue weighted by Crippen LogP contribution is -2.40. The van der Waals surface area contributed by atoms with E-state index in [-0.39, 0.29) is 11.8 Å². The van der Waals surface area contributed by atoms with Crippen LogP contribution in [0.25, 0.3) is 0 Å². The molecule has 0 unspecified atom stereocenters. The zero-order valence-corrected chi connectivity index (χ0v) is 16.3. The predicted octanol–water partition coefficient (Wildman–Crippen LogP) is 2.75. The molecule has 1 heterocycles. The third kappa shape index (κ3) is 5.38. The molecular weight excluding hydrogens is 330 g/mol. The number of nitrogens with zero attached hydrogens (tertiary/aromatic N) is 1. The highest BCUT2D eigenvalue weighted by molar-refractivity contribution is 5.95. The van der Waals surface area contributed by atoms with Gasteiger partial charge in [-0.3, -0.25) is 9.59 Å². The van der Waals surface area contributed by atoms with Crippen molar-refractivity contribution in [3.63, 3.8) is 0 Å². The van der Waals surface area contributed by atoms with Crippen LogP contribution < -0.4 is 15.4 Å². The van der Waals surface area contributed by atoms with Gasteiger partial charge in [0, 0.05) is 38.7 Å². The first-order valence-corrected chi connectivity index (χ1v) is 9.36. The van der Waals surface area contributed by atoms with Gasteiger partial charge in [0.05, 0.1) is 12.8 Å². The number of likely N-dealkylation sites (tertiary alicyclic amines) is 1. The molecule has 0 radical (unpaired) electrons. The molecule has 1 saturated heterocycles. The van der Waals surface area contributed by atoms with E-state index < -0.39 is 0 Å². The van der Waals surface area contributed by atoms with Crippen LogP contribution in [0.1, 0.15) is 43.5 Å². The minimum Gasteiger partial charge on any atom is -0.495 e. The van der Waals surface area contributed by atoms with Crippen LogP contribution in [0.4, 0.5) is 5.69 Å². The van der Waals surface area contributed by atoms with Crippen molar-refractivity contribution in [1.82, 2.24) is 10.2 Å². The van der Waals surface area contributed by atoms with Crippen LogP contribution in [0.5, 0.6) is 5.75 Å². The third-order valence-corrected chi connectivity index (χ3v) is 4.82. The number of rotatable bonds is 7. The second kappa shape index (κ2) is 9.46. The Balaban J connectivity index is 1.89. The molecule has 0 aliphatic carbocycles. The molecule has 0 spiro atoms. The molecule has 2 rings (SSSR count). The van der Waals surface area contributed by atoms with Crippen LogP contribution in [-0.4, -0.2) is 50.5 Å². The minimum absolute atomic E-state index is 0.118. The van der Waals surface area contributed by atoms with Crippen molar-refractivity contribution in [3.8, 4) is 5.75 Å². The van der Waals surface area contributed by atoms with E-state index in [1.54, 1.807) is 26.3 Å². The van der Waals surface area contributed by atoms with Crippen LogP contribution in [0.15, 0.2) is 18.2 Å². The van der Waals surface area contributed by atoms with E-state index in [0.29, 0.717) is 23.8 Å². The van der Waals surface area contributed by atoms with E-state index >= 15 is 0 Å². The van der Waals surface area contributed by atoms with E-state index in [9.17, 15) is 9.59 Å². The monoisotopic (exact) mass is 361 g/mol. The highest BCUT2D eigenvalue weighted by Crippen LogP contribution is 2.27. The molecule has 6 nitrogen and oxygen atoms in total. The predicted molar refractivity (Wildman–Crippen MR) is 104 cm³/mol. The second-order valence-electron chi connectivity index (χ2n) is 7.30. The largest absolute Gasteiger partial charge is 0.495 e. The van der Waals surface area contributed by atoms with Crippen LogP contribution in [0.3, 0.4) is 0 Å². The number of ether oxygens (including phenoxy) is 1. The maximum Gasteiger partial charge on any atom is 0.251 e. The average molecular weight is 361 g/mol. The molecule has 1 aromatic carbocycles. The molecule has 0 atom stereocenters. The average Bonchev–Trinajstić information content (AvgIpc) is 2.65. The number of methoxy groups -OCH3 is 1. The van der Waals surface area contributed by atoms with Crippen molar-refractivity contribution in [1.29, 1.82) is 0 Å². The summed E-state index contributed by atoms with van der Waals surface area (Å²) in [6.07, 6.45) is 2.62. The molecule has 26 heavy (non-hydrogen) atoms. The van der Waals surface area contributed by atoms with Crippen LogP contribution in [0, 0.1) is 11.8 Å². The number of amides is 2. The van der Waals surface area contributed by atoms with Crippen molar-refractivity contribution in [3.05, 3.63) is 23.8 Å². The highest BCUT2D eigenvalue weighted by atomic mass is 16.5. The maximum absolute atomic E-state index is 12.2. The van der Waals surface area contributed by atoms with Gasteiger partial charge in [-0.05, 0) is 42.9 Å². The summed E-state index contributed by atoms with van der Waals surface area (Å²) in [5.41, 5.74) is 1.43. The second-order valence-corrected chi connectivity index (χ2v) is 7.30. The Morgan fingerprint density at radius 1 is 1.27 bits per heavy atom. The number of piperidine rings is 1. The molecule has 2 amide bonds. The first-order chi connectivity index (χ1) is 12.4. The number of hydrogen-bond donors (Lipinski definition) is 2. The van der Waals surface area contributed by atoms with Gasteiger partial charge in [-0.2, -0.15) is 0 Å². The van der Waals surface area contributed by atoms with Gasteiger partial charge in [0.15, 0.2) is 0 Å². The van der Waals surface area contributed by atoms with Gasteiger partial charge in [-0.25, -0.2) is 0 Å². The molecule has 1 aliphatic rings. The third-order valence-electron chi connectivity index (χ3n) is 4.82. The molecule has 0 saturated carbocycles. The van der Waals surface area contributed by atoms with Gasteiger partial charge in [-0.1, -0.05) is 13.8 Å². The first-order valence-electron chi connectivity index (χ1n) is 9.36. The first kappa shape index (κ1) is 20.1. The number of carbonyl (C=O) groups excluding carboxylic acids is 2. The molecular formula is C20H31N3O3. The smallest absolute Gasteiger partial charge is 0.251 e. The molecule has 1 aromatic rings. The zero-order chi connectivity index (χ0) is 19.1. The van der Waals surface area contributed by atoms with Gasteiger partial charge in [0.1, 0.15) is 5.75 Å². The van der Waals surface area contributed by atoms with Gasteiger partial charge in [0.25, 0.3) is 5.91 Å². The quantitative estimate of drug-likeness (QED) is 0.783. The fraction of sp³-hybridized carbons (Fsp3) is 0.600. The summed E-state index contributed by atoms with van der Waals surface area (Å²) in [6.45, 7) is 6.62. The van der Waals surface area contributed by atoms with E-state index in [4.69, 9.17) is 4.74 Å². The molecule has 2 N–H and O–H groups in total. The summed E-state index contributed by atoms with van der Waals surface area (Å²) >= 11 is 0. The van der Waals surface area contributed by atoms with Crippen molar-refractivity contribution in [2.45, 2.75) is 33.1 Å². The molecule has 1 fully saturated rings. The van der Waals surface area contributed by atoms with Crippen LogP contribution in [-0.2, 0) is 4.79 Å². The number of nitrogens with one attached hydrogen (secondary N) is 2. The van der Waals surface area contributed by atoms with Crippen LogP contribution >= 0.6 is 0 Å². The van der Waals surface area contributed by atoms with E-state index in [1.807, 2.05) is 11.0 Å². The van der Waals surface area contributed by atoms with E-state index in [2.05, 4.69) is 24.5 Å². The Morgan fingerprint density at radius 3 is 2.54 bits per heavy atom. The Labute approximate surface area is 156 Å². The van der Waals surface area contributed by atoms with Crippen LogP contribution in [0.2, 0.25) is 0 Å². The summed E-state index contributed by atoms with van der Waals surface area (Å²) in [6, 6.07) is 5.38. The summed E-state index contributed by atoms with van der Waals surface area (Å²) in [7, 11) is 3.24. The summed E-state index contributed by atoms with van der Waals surface area (Å²) in [4.78, 5) is 26.0. The van der Waals surface area contributed by atoms with Gasteiger partial charge < -0.3 is 20.3 Å². The highest BCUT2D eigenvalue weighted by Gasteiger charge is 2.23. The van der Waals surface area contributed by atoms with Gasteiger partial charge in [0.2, 0.25) is 5.91 Å². The molecule has 144 valence electrons. The van der Waals surface area contributed by atoms with Crippen molar-refractivity contribution < 1.29 is 14.3 Å². The number of anilines is 1. The zero-order valence-electron chi connectivity index (χ0n) is 16.3. The standard InChI is InChI=1S/C20H31N3O3/c1-14(2)11-19(24)23-9-7-15(8-10-23)13-22-17-12-16(20(25)21-3)5-6-18(17)26-4/h5-6,12,14-15,22H,7-11,13H2,1-4H3,(H,21,25).